The van der Waals surface area contributed by atoms with Gasteiger partial charge in [-0.25, -0.2) is 0 Å². The van der Waals surface area contributed by atoms with Gasteiger partial charge in [0.1, 0.15) is 6.10 Å². The molecule has 17 heavy (non-hydrogen) atoms. The van der Waals surface area contributed by atoms with E-state index in [-0.39, 0.29) is 0 Å². The van der Waals surface area contributed by atoms with Gasteiger partial charge in [0.25, 0.3) is 0 Å². The topological polar surface area (TPSA) is 56.9 Å². The van der Waals surface area contributed by atoms with Gasteiger partial charge in [-0.05, 0) is 30.7 Å². The second-order valence-electron chi connectivity index (χ2n) is 3.87. The van der Waals surface area contributed by atoms with Crippen molar-refractivity contribution in [2.24, 2.45) is 0 Å². The van der Waals surface area contributed by atoms with Gasteiger partial charge < -0.3 is 5.11 Å². The average Bonchev–Trinajstić information content (AvgIpc) is 2.39. The first-order valence-electron chi connectivity index (χ1n) is 5.31. The highest BCUT2D eigenvalue weighted by molar-refractivity contribution is 5.35. The molecule has 0 saturated heterocycles. The normalized spacial score (nSPS) is 11.8. The molecule has 2 rings (SSSR count). The van der Waals surface area contributed by atoms with Crippen LogP contribution in [0.3, 0.4) is 0 Å². The lowest BCUT2D eigenvalue weighted by molar-refractivity contribution is 0.220. The fourth-order valence-electron chi connectivity index (χ4n) is 1.57. The van der Waals surface area contributed by atoms with E-state index in [2.05, 4.69) is 4.98 Å². The van der Waals surface area contributed by atoms with Crippen LogP contribution >= 0.6 is 0 Å². The molecule has 1 aromatic carbocycles. The fraction of sp³-hybridized carbons (Fsp3) is 0.143. The molecule has 0 spiro atoms. The molecule has 3 heteroatoms. The van der Waals surface area contributed by atoms with E-state index in [1.54, 1.807) is 30.5 Å². The number of aliphatic hydroxyl groups excluding tert-OH is 1. The maximum atomic E-state index is 10.1. The molecule has 0 unspecified atom stereocenters. The number of benzene rings is 1. The van der Waals surface area contributed by atoms with Crippen LogP contribution in [0.2, 0.25) is 0 Å². The number of aryl methyl sites for hydroxylation is 1. The third-order valence-electron chi connectivity index (χ3n) is 2.61. The summed E-state index contributed by atoms with van der Waals surface area (Å²) in [6, 6.07) is 12.7. The minimum Gasteiger partial charge on any atom is -0.384 e. The smallest absolute Gasteiger partial charge is 0.106 e. The Balaban J connectivity index is 2.27. The first-order chi connectivity index (χ1) is 8.20. The lowest BCUT2D eigenvalue weighted by Gasteiger charge is -2.11. The van der Waals surface area contributed by atoms with Gasteiger partial charge in [-0.1, -0.05) is 18.2 Å². The molecular formula is C14H12N2O. The molecule has 1 heterocycles. The van der Waals surface area contributed by atoms with Crippen LogP contribution in [0.25, 0.3) is 0 Å². The summed E-state index contributed by atoms with van der Waals surface area (Å²) in [5, 5.41) is 18.8. The van der Waals surface area contributed by atoms with Gasteiger partial charge in [0.15, 0.2) is 0 Å². The molecule has 3 nitrogen and oxygen atoms in total. The van der Waals surface area contributed by atoms with Crippen molar-refractivity contribution >= 4 is 0 Å². The van der Waals surface area contributed by atoms with Crippen LogP contribution in [0.15, 0.2) is 42.6 Å². The lowest BCUT2D eigenvalue weighted by Crippen LogP contribution is -2.00. The van der Waals surface area contributed by atoms with Crippen LogP contribution in [0.4, 0.5) is 0 Å². The van der Waals surface area contributed by atoms with Gasteiger partial charge in [0.05, 0.1) is 11.6 Å². The van der Waals surface area contributed by atoms with Crippen molar-refractivity contribution in [1.82, 2.24) is 4.98 Å². The summed E-state index contributed by atoms with van der Waals surface area (Å²) in [7, 11) is 0. The number of aliphatic hydroxyl groups is 1. The first-order valence-corrected chi connectivity index (χ1v) is 5.31. The number of hydrogen-bond acceptors (Lipinski definition) is 3. The molecule has 0 amide bonds. The Morgan fingerprint density at radius 2 is 1.76 bits per heavy atom. The predicted octanol–water partition coefficient (Wildman–Crippen LogP) is 2.34. The number of pyridine rings is 1. The highest BCUT2D eigenvalue weighted by atomic mass is 16.3. The van der Waals surface area contributed by atoms with E-state index in [4.69, 9.17) is 5.26 Å². The van der Waals surface area contributed by atoms with Gasteiger partial charge >= 0.3 is 0 Å². The van der Waals surface area contributed by atoms with E-state index in [0.29, 0.717) is 5.56 Å². The zero-order valence-electron chi connectivity index (χ0n) is 9.46. The second kappa shape index (κ2) is 4.77. The third-order valence-corrected chi connectivity index (χ3v) is 2.61. The molecule has 0 aliphatic carbocycles. The van der Waals surface area contributed by atoms with E-state index >= 15 is 0 Å². The Kier molecular flexibility index (Phi) is 3.17. The molecule has 1 aromatic heterocycles. The highest BCUT2D eigenvalue weighted by Gasteiger charge is 2.10. The average molecular weight is 224 g/mol. The molecule has 0 bridgehead atoms. The van der Waals surface area contributed by atoms with Crippen LogP contribution < -0.4 is 0 Å². The number of nitrogens with zero attached hydrogens (tertiary/aromatic N) is 2. The van der Waals surface area contributed by atoms with Crippen molar-refractivity contribution in [2.75, 3.05) is 0 Å². The number of rotatable bonds is 2. The zero-order chi connectivity index (χ0) is 12.3. The number of aromatic nitrogens is 1. The van der Waals surface area contributed by atoms with Crippen molar-refractivity contribution in [1.29, 1.82) is 5.26 Å². The molecule has 2 aromatic rings. The Labute approximate surface area is 100.0 Å². The van der Waals surface area contributed by atoms with Crippen molar-refractivity contribution in [3.8, 4) is 6.07 Å². The maximum Gasteiger partial charge on any atom is 0.106 e. The third kappa shape index (κ3) is 2.49. The summed E-state index contributed by atoms with van der Waals surface area (Å²) in [4.78, 5) is 4.15. The summed E-state index contributed by atoms with van der Waals surface area (Å²) in [5.74, 6) is 0. The SMILES string of the molecule is Cc1ccc([C@@H](O)c2ccc(C#N)cc2)cn1. The Bertz CT molecular complexity index is 538. The minimum atomic E-state index is -0.698. The Hall–Kier alpha value is -2.18. The highest BCUT2D eigenvalue weighted by Crippen LogP contribution is 2.21. The van der Waals surface area contributed by atoms with Crippen molar-refractivity contribution in [2.45, 2.75) is 13.0 Å². The number of nitriles is 1. The minimum absolute atomic E-state index is 0.586. The van der Waals surface area contributed by atoms with E-state index in [9.17, 15) is 5.11 Å². The summed E-state index contributed by atoms with van der Waals surface area (Å²) >= 11 is 0. The van der Waals surface area contributed by atoms with Crippen LogP contribution in [0.5, 0.6) is 0 Å². The van der Waals surface area contributed by atoms with Gasteiger partial charge in [-0.2, -0.15) is 5.26 Å². The molecule has 84 valence electrons. The maximum absolute atomic E-state index is 10.1. The lowest BCUT2D eigenvalue weighted by atomic mass is 10.0. The Morgan fingerprint density at radius 3 is 2.29 bits per heavy atom. The van der Waals surface area contributed by atoms with Gasteiger partial charge in [-0.3, -0.25) is 4.98 Å². The molecule has 1 atom stereocenters. The molecule has 0 aliphatic rings. The van der Waals surface area contributed by atoms with Crippen LogP contribution in [-0.4, -0.2) is 10.1 Å². The van der Waals surface area contributed by atoms with Gasteiger partial charge in [0, 0.05) is 17.5 Å². The van der Waals surface area contributed by atoms with Crippen LogP contribution in [0.1, 0.15) is 28.5 Å². The predicted molar refractivity (Wildman–Crippen MR) is 64.2 cm³/mol. The Morgan fingerprint density at radius 1 is 1.12 bits per heavy atom. The molecule has 0 radical (unpaired) electrons. The molecule has 0 fully saturated rings. The largest absolute Gasteiger partial charge is 0.384 e. The summed E-state index contributed by atoms with van der Waals surface area (Å²) in [6.07, 6.45) is 0.967. The summed E-state index contributed by atoms with van der Waals surface area (Å²) in [5.41, 5.74) is 3.01. The fourth-order valence-corrected chi connectivity index (χ4v) is 1.57. The van der Waals surface area contributed by atoms with Crippen molar-refractivity contribution in [3.63, 3.8) is 0 Å². The molecule has 0 saturated carbocycles. The summed E-state index contributed by atoms with van der Waals surface area (Å²) in [6.45, 7) is 1.90. The van der Waals surface area contributed by atoms with E-state index < -0.39 is 6.10 Å². The molecule has 1 N–H and O–H groups in total. The van der Waals surface area contributed by atoms with Crippen LogP contribution in [0, 0.1) is 18.3 Å². The van der Waals surface area contributed by atoms with Gasteiger partial charge in [-0.15, -0.1) is 0 Å². The quantitative estimate of drug-likeness (QED) is 0.851. The monoisotopic (exact) mass is 224 g/mol. The number of hydrogen-bond donors (Lipinski definition) is 1. The second-order valence-corrected chi connectivity index (χ2v) is 3.87. The summed E-state index contributed by atoms with van der Waals surface area (Å²) < 4.78 is 0. The van der Waals surface area contributed by atoms with Crippen molar-refractivity contribution in [3.05, 3.63) is 65.0 Å². The molecule has 0 aliphatic heterocycles. The standard InChI is InChI=1S/C14H12N2O/c1-10-2-5-13(9-16-10)14(17)12-6-3-11(8-15)4-7-12/h2-7,9,14,17H,1H3/t14-/m0/s1. The van der Waals surface area contributed by atoms with E-state index in [1.165, 1.54) is 0 Å². The van der Waals surface area contributed by atoms with Crippen molar-refractivity contribution < 1.29 is 5.11 Å². The van der Waals surface area contributed by atoms with Crippen LogP contribution in [-0.2, 0) is 0 Å². The van der Waals surface area contributed by atoms with Gasteiger partial charge in [0.2, 0.25) is 0 Å². The van der Waals surface area contributed by atoms with E-state index in [1.807, 2.05) is 25.1 Å². The zero-order valence-corrected chi connectivity index (χ0v) is 9.46. The first kappa shape index (κ1) is 11.3. The van der Waals surface area contributed by atoms with E-state index in [0.717, 1.165) is 16.8 Å². The molecular weight excluding hydrogens is 212 g/mol.